The molecule has 0 aliphatic carbocycles. The number of quaternary nitrogens is 1. The van der Waals surface area contributed by atoms with Crippen LogP contribution in [0.15, 0.2) is 121 Å². The molecule has 0 spiro atoms. The van der Waals surface area contributed by atoms with Crippen molar-refractivity contribution in [3.63, 3.8) is 0 Å². The van der Waals surface area contributed by atoms with E-state index in [2.05, 4.69) is 9.98 Å². The minimum absolute atomic E-state index is 0.0914. The van der Waals surface area contributed by atoms with Crippen LogP contribution >= 0.6 is 0 Å². The van der Waals surface area contributed by atoms with Crippen molar-refractivity contribution in [3.8, 4) is 28.7 Å². The Labute approximate surface area is 287 Å². The molecule has 0 bridgehead atoms. The number of pyridine rings is 1. The number of ether oxygens (including phenoxy) is 3. The van der Waals surface area contributed by atoms with E-state index >= 15 is 4.39 Å². The van der Waals surface area contributed by atoms with Crippen molar-refractivity contribution < 1.29 is 31.8 Å². The predicted molar refractivity (Wildman–Crippen MR) is 182 cm³/mol. The van der Waals surface area contributed by atoms with Crippen LogP contribution in [-0.4, -0.2) is 37.4 Å². The minimum atomic E-state index is -4.79. The topological polar surface area (TPSA) is 76.7 Å². The number of halogens is 4. The normalized spacial score (nSPS) is 17.6. The van der Waals surface area contributed by atoms with Gasteiger partial charge in [0.25, 0.3) is 0 Å². The van der Waals surface area contributed by atoms with Crippen LogP contribution in [0.2, 0.25) is 0 Å². The van der Waals surface area contributed by atoms with Gasteiger partial charge in [0.2, 0.25) is 0 Å². The summed E-state index contributed by atoms with van der Waals surface area (Å²) in [5.74, 6) is 0.331. The first-order valence-corrected chi connectivity index (χ1v) is 15.7. The van der Waals surface area contributed by atoms with Crippen LogP contribution in [0.3, 0.4) is 0 Å². The maximum absolute atomic E-state index is 16.0. The Morgan fingerprint density at radius 3 is 2.04 bits per heavy atom. The Morgan fingerprint density at radius 1 is 0.860 bits per heavy atom. The summed E-state index contributed by atoms with van der Waals surface area (Å²) in [5.41, 5.74) is 1.12. The Hall–Kier alpha value is -5.73. The van der Waals surface area contributed by atoms with Crippen molar-refractivity contribution in [1.82, 2.24) is 9.47 Å². The van der Waals surface area contributed by atoms with Gasteiger partial charge in [-0.05, 0) is 55.0 Å². The lowest BCUT2D eigenvalue weighted by Gasteiger charge is -2.44. The van der Waals surface area contributed by atoms with Gasteiger partial charge in [0.1, 0.15) is 46.9 Å². The summed E-state index contributed by atoms with van der Waals surface area (Å²) in [5, 5.41) is 9.41. The number of methoxy groups -OCH3 is 2. The number of aliphatic imine (C=N–C) groups is 1. The van der Waals surface area contributed by atoms with Crippen LogP contribution in [0, 0.1) is 17.1 Å². The van der Waals surface area contributed by atoms with E-state index in [9.17, 15) is 18.4 Å². The van der Waals surface area contributed by atoms with Crippen molar-refractivity contribution >= 4 is 17.4 Å². The quantitative estimate of drug-likeness (QED) is 0.121. The molecule has 11 heteroatoms. The molecule has 0 amide bonds. The van der Waals surface area contributed by atoms with Crippen LogP contribution in [0.4, 0.5) is 28.9 Å². The molecule has 6 rings (SSSR count). The minimum Gasteiger partial charge on any atom is -0.497 e. The maximum atomic E-state index is 16.0. The maximum Gasteiger partial charge on any atom is 0.411 e. The monoisotopic (exact) mass is 681 g/mol. The van der Waals surface area contributed by atoms with Crippen molar-refractivity contribution in [2.75, 3.05) is 14.2 Å². The third-order valence-corrected chi connectivity index (χ3v) is 8.90. The molecule has 2 atom stereocenters. The van der Waals surface area contributed by atoms with Gasteiger partial charge < -0.3 is 14.2 Å². The first-order chi connectivity index (χ1) is 24.0. The summed E-state index contributed by atoms with van der Waals surface area (Å²) < 4.78 is 78.0. The molecule has 0 N–H and O–H groups in total. The van der Waals surface area contributed by atoms with E-state index < -0.39 is 34.5 Å². The Bertz CT molecular complexity index is 2000. The standard InChI is InChI=1S/C39H33F4N4O3/c1-38(34-20-28(9-18-35(34)40)29-19-27(22-44)23-45-24-29)21-36(39(41,42)43)46-37(50-38)47(25-26-7-5-4-6-8-26,30-10-14-32(48-2)15-11-30)31-12-16-33(49-3)17-13-31/h4-20,23-24,36H,21,25H2,1-3H3/q+1/t36-,38-/m0/s1. The summed E-state index contributed by atoms with van der Waals surface area (Å²) in [7, 11) is 3.04. The number of nitrogens with zero attached hydrogens (tertiary/aromatic N) is 4. The van der Waals surface area contributed by atoms with E-state index in [1.807, 2.05) is 36.4 Å². The summed E-state index contributed by atoms with van der Waals surface area (Å²) in [6, 6.07) is 28.4. The number of aromatic nitrogens is 1. The number of benzene rings is 4. The van der Waals surface area contributed by atoms with Gasteiger partial charge in [-0.25, -0.2) is 4.39 Å². The number of nitriles is 1. The molecular weight excluding hydrogens is 648 g/mol. The highest BCUT2D eigenvalue weighted by molar-refractivity contribution is 5.94. The number of hydrogen-bond donors (Lipinski definition) is 0. The second kappa shape index (κ2) is 13.6. The molecule has 0 unspecified atom stereocenters. The number of alkyl halides is 3. The van der Waals surface area contributed by atoms with Gasteiger partial charge in [-0.1, -0.05) is 36.4 Å². The molecule has 7 nitrogen and oxygen atoms in total. The average Bonchev–Trinajstić information content (AvgIpc) is 3.14. The summed E-state index contributed by atoms with van der Waals surface area (Å²) >= 11 is 0. The van der Waals surface area contributed by atoms with Gasteiger partial charge >= 0.3 is 12.2 Å². The van der Waals surface area contributed by atoms with Crippen LogP contribution in [0.5, 0.6) is 11.5 Å². The third kappa shape index (κ3) is 6.62. The van der Waals surface area contributed by atoms with Crippen molar-refractivity contribution in [2.24, 2.45) is 4.99 Å². The summed E-state index contributed by atoms with van der Waals surface area (Å²) in [6.45, 7) is 1.54. The molecule has 0 fully saturated rings. The van der Waals surface area contributed by atoms with Gasteiger partial charge in [-0.3, -0.25) is 4.98 Å². The highest BCUT2D eigenvalue weighted by Gasteiger charge is 2.55. The average molecular weight is 682 g/mol. The molecule has 4 aromatic carbocycles. The predicted octanol–water partition coefficient (Wildman–Crippen LogP) is 9.24. The molecule has 50 heavy (non-hydrogen) atoms. The first-order valence-electron chi connectivity index (χ1n) is 15.7. The largest absolute Gasteiger partial charge is 0.497 e. The zero-order chi connectivity index (χ0) is 35.5. The molecule has 5 aromatic rings. The zero-order valence-corrected chi connectivity index (χ0v) is 27.5. The fourth-order valence-electron chi connectivity index (χ4n) is 6.27. The lowest BCUT2D eigenvalue weighted by atomic mass is 9.85. The summed E-state index contributed by atoms with van der Waals surface area (Å²) in [6.07, 6.45) is -2.59. The molecular formula is C39H33F4N4O3+. The second-order valence-corrected chi connectivity index (χ2v) is 12.1. The second-order valence-electron chi connectivity index (χ2n) is 12.1. The van der Waals surface area contributed by atoms with Gasteiger partial charge in [-0.2, -0.15) is 27.9 Å². The highest BCUT2D eigenvalue weighted by atomic mass is 19.4. The van der Waals surface area contributed by atoms with E-state index in [4.69, 9.17) is 14.2 Å². The smallest absolute Gasteiger partial charge is 0.411 e. The van der Waals surface area contributed by atoms with Crippen LogP contribution < -0.4 is 14.0 Å². The van der Waals surface area contributed by atoms with Crippen molar-refractivity contribution in [1.29, 1.82) is 5.26 Å². The molecule has 1 aliphatic rings. The molecule has 0 radical (unpaired) electrons. The molecule has 1 aromatic heterocycles. The summed E-state index contributed by atoms with van der Waals surface area (Å²) in [4.78, 5) is 8.42. The van der Waals surface area contributed by atoms with Gasteiger partial charge in [0.05, 0.1) is 19.8 Å². The van der Waals surface area contributed by atoms with E-state index in [0.29, 0.717) is 34.0 Å². The van der Waals surface area contributed by atoms with E-state index in [-0.39, 0.29) is 23.7 Å². The molecule has 0 saturated heterocycles. The molecule has 254 valence electrons. The highest BCUT2D eigenvalue weighted by Crippen LogP contribution is 2.47. The Morgan fingerprint density at radius 2 is 1.48 bits per heavy atom. The van der Waals surface area contributed by atoms with Gasteiger partial charge in [-0.15, -0.1) is 0 Å². The van der Waals surface area contributed by atoms with Crippen LogP contribution in [0.25, 0.3) is 11.1 Å². The SMILES string of the molecule is COc1ccc([N+](Cc2ccccc2)(C2=N[C@H](C(F)(F)F)C[C@@](C)(c3cc(-c4cncc(C#N)c4)ccc3F)O2)c2ccc(OC)cc2)cc1. The van der Waals surface area contributed by atoms with Gasteiger partial charge in [0.15, 0.2) is 6.04 Å². The number of rotatable bonds is 8. The Balaban J connectivity index is 1.61. The van der Waals surface area contributed by atoms with Crippen molar-refractivity contribution in [3.05, 3.63) is 138 Å². The molecule has 2 heterocycles. The molecule has 1 aliphatic heterocycles. The lowest BCUT2D eigenvalue weighted by molar-refractivity contribution is -0.165. The zero-order valence-electron chi connectivity index (χ0n) is 27.5. The van der Waals surface area contributed by atoms with Gasteiger partial charge in [0, 0.05) is 59.8 Å². The third-order valence-electron chi connectivity index (χ3n) is 8.90. The van der Waals surface area contributed by atoms with E-state index in [1.54, 1.807) is 54.6 Å². The van der Waals surface area contributed by atoms with Crippen LogP contribution in [0.1, 0.15) is 30.0 Å². The lowest BCUT2D eigenvalue weighted by Crippen LogP contribution is -2.57. The number of amidine groups is 1. The van der Waals surface area contributed by atoms with Crippen molar-refractivity contribution in [2.45, 2.75) is 37.7 Å². The van der Waals surface area contributed by atoms with Crippen LogP contribution in [-0.2, 0) is 16.9 Å². The fraction of sp³-hybridized carbons (Fsp3) is 0.205. The van der Waals surface area contributed by atoms with E-state index in [1.165, 1.54) is 51.7 Å². The number of hydrogen-bond acceptors (Lipinski definition) is 6. The van der Waals surface area contributed by atoms with E-state index in [0.717, 1.165) is 5.56 Å². The molecule has 0 saturated carbocycles. The fourth-order valence-corrected chi connectivity index (χ4v) is 6.27. The Kier molecular flexibility index (Phi) is 9.32. The first kappa shape index (κ1) is 34.1.